The first-order chi connectivity index (χ1) is 9.28. The summed E-state index contributed by atoms with van der Waals surface area (Å²) in [5.41, 5.74) is 0.0584. The molecule has 1 N–H and O–H groups in total. The minimum Gasteiger partial charge on any atom is -0.343 e. The van der Waals surface area contributed by atoms with Crippen LogP contribution < -0.4 is 5.32 Å². The molecule has 1 atom stereocenters. The summed E-state index contributed by atoms with van der Waals surface area (Å²) in [6.45, 7) is 3.80. The van der Waals surface area contributed by atoms with E-state index in [0.29, 0.717) is 5.82 Å². The van der Waals surface area contributed by atoms with Crippen molar-refractivity contribution in [1.82, 2.24) is 15.3 Å². The molecule has 0 aromatic carbocycles. The summed E-state index contributed by atoms with van der Waals surface area (Å²) in [6.07, 6.45) is 2.81. The van der Waals surface area contributed by atoms with E-state index in [4.69, 9.17) is 11.6 Å². The molecule has 0 saturated carbocycles. The number of amides is 1. The van der Waals surface area contributed by atoms with Crippen LogP contribution in [0.2, 0.25) is 5.02 Å². The molecule has 1 aromatic rings. The van der Waals surface area contributed by atoms with E-state index in [-0.39, 0.29) is 22.4 Å². The molecule has 108 valence electrons. The molecule has 1 aliphatic rings. The van der Waals surface area contributed by atoms with Crippen LogP contribution in [0.3, 0.4) is 0 Å². The molecule has 1 amide bonds. The highest BCUT2D eigenvalue weighted by atomic mass is 35.5. The van der Waals surface area contributed by atoms with Gasteiger partial charge in [-0.05, 0) is 6.08 Å². The smallest absolute Gasteiger partial charge is 0.272 e. The maximum Gasteiger partial charge on any atom is 0.272 e. The lowest BCUT2D eigenvalue weighted by Crippen LogP contribution is -2.36. The molecule has 0 aliphatic carbocycles. The van der Waals surface area contributed by atoms with Crippen LogP contribution in [0.5, 0.6) is 0 Å². The Hall–Kier alpha value is -1.47. The van der Waals surface area contributed by atoms with Gasteiger partial charge in [-0.1, -0.05) is 25.4 Å². The van der Waals surface area contributed by atoms with E-state index in [1.807, 2.05) is 13.8 Å². The predicted molar refractivity (Wildman–Crippen MR) is 75.3 cm³/mol. The zero-order chi connectivity index (χ0) is 14.9. The first-order valence-corrected chi connectivity index (χ1v) is 8.12. The van der Waals surface area contributed by atoms with Crippen LogP contribution in [0.15, 0.2) is 17.7 Å². The van der Waals surface area contributed by atoms with Gasteiger partial charge in [0.05, 0.1) is 23.0 Å². The summed E-state index contributed by atoms with van der Waals surface area (Å²) in [4.78, 5) is 20.3. The van der Waals surface area contributed by atoms with Gasteiger partial charge in [0.15, 0.2) is 9.84 Å². The first-order valence-electron chi connectivity index (χ1n) is 6.03. The molecular weight excluding hydrogens is 302 g/mol. The van der Waals surface area contributed by atoms with E-state index >= 15 is 0 Å². The maximum atomic E-state index is 12.1. The second kappa shape index (κ2) is 5.49. The zero-order valence-electron chi connectivity index (χ0n) is 11.0. The van der Waals surface area contributed by atoms with Gasteiger partial charge in [0.1, 0.15) is 11.5 Å². The third-order valence-corrected chi connectivity index (χ3v) is 4.41. The Labute approximate surface area is 122 Å². The van der Waals surface area contributed by atoms with Crippen molar-refractivity contribution in [1.29, 1.82) is 0 Å². The van der Waals surface area contributed by atoms with Crippen LogP contribution in [0, 0.1) is 0 Å². The molecule has 0 radical (unpaired) electrons. The summed E-state index contributed by atoms with van der Waals surface area (Å²) < 4.78 is 22.6. The normalized spacial score (nSPS) is 20.3. The molecule has 0 fully saturated rings. The van der Waals surface area contributed by atoms with Crippen LogP contribution in [-0.2, 0) is 9.84 Å². The predicted octanol–water partition coefficient (Wildman–Crippen LogP) is 1.29. The summed E-state index contributed by atoms with van der Waals surface area (Å²) in [5.74, 6) is -0.0795. The lowest BCUT2D eigenvalue weighted by atomic mass is 10.2. The number of carbonyl (C=O) groups is 1. The first kappa shape index (κ1) is 14.9. The highest BCUT2D eigenvalue weighted by molar-refractivity contribution is 7.94. The standard InChI is InChI=1S/C12H14ClN3O3S/c1-7(2)11-14-5-9(13)10(16-11)12(17)15-8-3-4-20(18,19)6-8/h3-5,7-8H,6H2,1-2H3,(H,15,17). The van der Waals surface area contributed by atoms with Gasteiger partial charge in [-0.3, -0.25) is 4.79 Å². The number of halogens is 1. The van der Waals surface area contributed by atoms with Crippen molar-refractivity contribution in [2.45, 2.75) is 25.8 Å². The average Bonchev–Trinajstić information content (AvgIpc) is 2.68. The summed E-state index contributed by atoms with van der Waals surface area (Å²) in [5, 5.41) is 3.81. The number of sulfone groups is 1. The van der Waals surface area contributed by atoms with Crippen LogP contribution >= 0.6 is 11.6 Å². The monoisotopic (exact) mass is 315 g/mol. The van der Waals surface area contributed by atoms with Gasteiger partial charge >= 0.3 is 0 Å². The quantitative estimate of drug-likeness (QED) is 0.908. The number of nitrogens with zero attached hydrogens (tertiary/aromatic N) is 2. The SMILES string of the molecule is CC(C)c1ncc(Cl)c(C(=O)NC2C=CS(=O)(=O)C2)n1. The Kier molecular flexibility index (Phi) is 4.10. The van der Waals surface area contributed by atoms with Gasteiger partial charge in [-0.2, -0.15) is 0 Å². The van der Waals surface area contributed by atoms with Crippen molar-refractivity contribution < 1.29 is 13.2 Å². The molecule has 6 nitrogen and oxygen atoms in total. The lowest BCUT2D eigenvalue weighted by molar-refractivity contribution is 0.0942. The largest absolute Gasteiger partial charge is 0.343 e. The molecule has 0 saturated heterocycles. The van der Waals surface area contributed by atoms with E-state index in [1.54, 1.807) is 0 Å². The van der Waals surface area contributed by atoms with Gasteiger partial charge in [0.25, 0.3) is 5.91 Å². The highest BCUT2D eigenvalue weighted by Crippen LogP contribution is 2.17. The van der Waals surface area contributed by atoms with Gasteiger partial charge in [-0.15, -0.1) is 0 Å². The van der Waals surface area contributed by atoms with E-state index in [1.165, 1.54) is 12.3 Å². The van der Waals surface area contributed by atoms with Crippen LogP contribution in [-0.4, -0.2) is 36.1 Å². The molecule has 2 heterocycles. The van der Waals surface area contributed by atoms with E-state index in [0.717, 1.165) is 5.41 Å². The minimum atomic E-state index is -3.22. The number of hydrogen-bond acceptors (Lipinski definition) is 5. The van der Waals surface area contributed by atoms with Crippen molar-refractivity contribution in [2.75, 3.05) is 5.75 Å². The Morgan fingerprint density at radius 2 is 2.20 bits per heavy atom. The third-order valence-electron chi connectivity index (χ3n) is 2.74. The van der Waals surface area contributed by atoms with Gasteiger partial charge in [-0.25, -0.2) is 18.4 Å². The molecule has 8 heteroatoms. The van der Waals surface area contributed by atoms with Crippen LogP contribution in [0.4, 0.5) is 0 Å². The van der Waals surface area contributed by atoms with Gasteiger partial charge in [0, 0.05) is 11.3 Å². The lowest BCUT2D eigenvalue weighted by Gasteiger charge is -2.11. The van der Waals surface area contributed by atoms with Crippen LogP contribution in [0.1, 0.15) is 36.1 Å². The zero-order valence-corrected chi connectivity index (χ0v) is 12.6. The molecular formula is C12H14ClN3O3S. The number of rotatable bonds is 3. The Balaban J connectivity index is 2.18. The number of carbonyl (C=O) groups excluding carboxylic acids is 1. The summed E-state index contributed by atoms with van der Waals surface area (Å²) in [7, 11) is -3.22. The van der Waals surface area contributed by atoms with E-state index in [2.05, 4.69) is 15.3 Å². The molecule has 1 aliphatic heterocycles. The highest BCUT2D eigenvalue weighted by Gasteiger charge is 2.25. The summed E-state index contributed by atoms with van der Waals surface area (Å²) in [6, 6.07) is -0.555. The van der Waals surface area contributed by atoms with Crippen LogP contribution in [0.25, 0.3) is 0 Å². The summed E-state index contributed by atoms with van der Waals surface area (Å²) >= 11 is 5.92. The number of hydrogen-bond donors (Lipinski definition) is 1. The van der Waals surface area contributed by atoms with E-state index in [9.17, 15) is 13.2 Å². The Morgan fingerprint density at radius 1 is 1.50 bits per heavy atom. The van der Waals surface area contributed by atoms with Gasteiger partial charge < -0.3 is 5.32 Å². The van der Waals surface area contributed by atoms with Gasteiger partial charge in [0.2, 0.25) is 0 Å². The van der Waals surface area contributed by atoms with Crippen molar-refractivity contribution in [2.24, 2.45) is 0 Å². The fraction of sp³-hybridized carbons (Fsp3) is 0.417. The molecule has 0 bridgehead atoms. The molecule has 20 heavy (non-hydrogen) atoms. The Bertz CT molecular complexity index is 671. The molecule has 2 rings (SSSR count). The van der Waals surface area contributed by atoms with Crippen molar-refractivity contribution in [3.8, 4) is 0 Å². The van der Waals surface area contributed by atoms with Crippen molar-refractivity contribution in [3.05, 3.63) is 34.2 Å². The molecule has 1 unspecified atom stereocenters. The molecule has 1 aromatic heterocycles. The third kappa shape index (κ3) is 3.34. The fourth-order valence-electron chi connectivity index (χ4n) is 1.72. The second-order valence-corrected chi connectivity index (χ2v) is 7.16. The fourth-order valence-corrected chi connectivity index (χ4v) is 3.13. The van der Waals surface area contributed by atoms with Crippen molar-refractivity contribution in [3.63, 3.8) is 0 Å². The second-order valence-electron chi connectivity index (χ2n) is 4.82. The number of aromatic nitrogens is 2. The Morgan fingerprint density at radius 3 is 2.75 bits per heavy atom. The van der Waals surface area contributed by atoms with E-state index < -0.39 is 21.8 Å². The average molecular weight is 316 g/mol. The topological polar surface area (TPSA) is 89.0 Å². The van der Waals surface area contributed by atoms with Crippen molar-refractivity contribution >= 4 is 27.3 Å². The molecule has 0 spiro atoms. The number of nitrogens with one attached hydrogen (secondary N) is 1. The maximum absolute atomic E-state index is 12.1. The minimum absolute atomic E-state index is 0.0584.